The molecule has 0 radical (unpaired) electrons. The summed E-state index contributed by atoms with van der Waals surface area (Å²) in [5.41, 5.74) is 5.01. The average Bonchev–Trinajstić information content (AvgIpc) is 2.32. The van der Waals surface area contributed by atoms with E-state index >= 15 is 0 Å². The van der Waals surface area contributed by atoms with E-state index in [0.29, 0.717) is 0 Å². The Bertz CT molecular complexity index is 429. The van der Waals surface area contributed by atoms with E-state index in [9.17, 15) is 18.7 Å². The molecule has 0 bridgehead atoms. The maximum atomic E-state index is 12.9. The van der Waals surface area contributed by atoms with Gasteiger partial charge in [-0.15, -0.1) is 0 Å². The van der Waals surface area contributed by atoms with Crippen molar-refractivity contribution in [1.82, 2.24) is 5.32 Å². The van der Waals surface area contributed by atoms with Crippen molar-refractivity contribution in [3.63, 3.8) is 0 Å². The number of halogens is 2. The number of rotatable bonds is 6. The number of carbonyl (C=O) groups excluding carboxylic acids is 1. The highest BCUT2D eigenvalue weighted by atomic mass is 19.2. The standard InChI is InChI=1S/C11H14F2N2O3/c12-7-2-1-6(3-8(7)13)9(16)4-15-5-10(17)11(14)18/h1-3,9-10,15-17H,4-5H2,(H2,14,18). The number of hydrogen-bond donors (Lipinski definition) is 4. The SMILES string of the molecule is NC(=O)C(O)CNCC(O)c1ccc(F)c(F)c1. The molecule has 0 aliphatic rings. The molecule has 1 amide bonds. The van der Waals surface area contributed by atoms with Crippen LogP contribution in [0, 0.1) is 11.6 Å². The van der Waals surface area contributed by atoms with Crippen LogP contribution in [0.3, 0.4) is 0 Å². The van der Waals surface area contributed by atoms with Gasteiger partial charge in [0.05, 0.1) is 6.10 Å². The van der Waals surface area contributed by atoms with Gasteiger partial charge in [0.1, 0.15) is 6.10 Å². The molecule has 0 aromatic heterocycles. The molecule has 7 heteroatoms. The lowest BCUT2D eigenvalue weighted by Crippen LogP contribution is -2.38. The molecular formula is C11H14F2N2O3. The largest absolute Gasteiger partial charge is 0.387 e. The van der Waals surface area contributed by atoms with Gasteiger partial charge in [-0.3, -0.25) is 4.79 Å². The molecule has 0 saturated carbocycles. The Hall–Kier alpha value is -1.57. The summed E-state index contributed by atoms with van der Waals surface area (Å²) in [6.07, 6.45) is -2.44. The second-order valence-electron chi connectivity index (χ2n) is 3.77. The molecule has 0 aliphatic carbocycles. The number of carbonyl (C=O) groups is 1. The zero-order chi connectivity index (χ0) is 13.7. The van der Waals surface area contributed by atoms with Gasteiger partial charge < -0.3 is 21.3 Å². The maximum Gasteiger partial charge on any atom is 0.247 e. The first-order valence-electron chi connectivity index (χ1n) is 5.23. The van der Waals surface area contributed by atoms with Gasteiger partial charge in [-0.25, -0.2) is 8.78 Å². The van der Waals surface area contributed by atoms with E-state index in [-0.39, 0.29) is 18.7 Å². The van der Waals surface area contributed by atoms with E-state index in [1.54, 1.807) is 0 Å². The van der Waals surface area contributed by atoms with E-state index in [1.165, 1.54) is 6.07 Å². The van der Waals surface area contributed by atoms with Crippen molar-refractivity contribution in [2.45, 2.75) is 12.2 Å². The fourth-order valence-corrected chi connectivity index (χ4v) is 1.29. The zero-order valence-electron chi connectivity index (χ0n) is 9.44. The number of aliphatic hydroxyl groups excluding tert-OH is 2. The average molecular weight is 260 g/mol. The Morgan fingerprint density at radius 2 is 1.94 bits per heavy atom. The highest BCUT2D eigenvalue weighted by Crippen LogP contribution is 2.15. The van der Waals surface area contributed by atoms with Crippen LogP contribution < -0.4 is 11.1 Å². The first-order valence-corrected chi connectivity index (χ1v) is 5.23. The van der Waals surface area contributed by atoms with Crippen LogP contribution in [0.15, 0.2) is 18.2 Å². The van der Waals surface area contributed by atoms with Crippen molar-refractivity contribution in [2.75, 3.05) is 13.1 Å². The van der Waals surface area contributed by atoms with E-state index in [4.69, 9.17) is 10.8 Å². The minimum absolute atomic E-state index is 0.0323. The second-order valence-corrected chi connectivity index (χ2v) is 3.77. The van der Waals surface area contributed by atoms with Gasteiger partial charge in [-0.1, -0.05) is 6.07 Å². The first-order chi connectivity index (χ1) is 8.41. The molecule has 0 saturated heterocycles. The number of primary amides is 1. The Morgan fingerprint density at radius 1 is 1.28 bits per heavy atom. The normalized spacial score (nSPS) is 14.2. The predicted molar refractivity (Wildman–Crippen MR) is 59.4 cm³/mol. The Morgan fingerprint density at radius 3 is 2.50 bits per heavy atom. The van der Waals surface area contributed by atoms with Crippen LogP contribution in [-0.4, -0.2) is 35.3 Å². The van der Waals surface area contributed by atoms with E-state index in [2.05, 4.69) is 5.32 Å². The molecule has 5 nitrogen and oxygen atoms in total. The number of hydrogen-bond acceptors (Lipinski definition) is 4. The van der Waals surface area contributed by atoms with Gasteiger partial charge in [0.25, 0.3) is 0 Å². The van der Waals surface area contributed by atoms with Gasteiger partial charge >= 0.3 is 0 Å². The molecule has 0 heterocycles. The molecule has 18 heavy (non-hydrogen) atoms. The first kappa shape index (κ1) is 14.5. The van der Waals surface area contributed by atoms with Gasteiger partial charge in [0.15, 0.2) is 11.6 Å². The van der Waals surface area contributed by atoms with Crippen molar-refractivity contribution in [1.29, 1.82) is 0 Å². The monoisotopic (exact) mass is 260 g/mol. The maximum absolute atomic E-state index is 12.9. The van der Waals surface area contributed by atoms with Crippen LogP contribution in [-0.2, 0) is 4.79 Å². The summed E-state index contributed by atoms with van der Waals surface area (Å²) < 4.78 is 25.5. The molecule has 0 aliphatic heterocycles. The molecule has 2 unspecified atom stereocenters. The molecular weight excluding hydrogens is 246 g/mol. The van der Waals surface area contributed by atoms with Crippen molar-refractivity contribution in [3.8, 4) is 0 Å². The van der Waals surface area contributed by atoms with Crippen molar-refractivity contribution in [2.24, 2.45) is 5.73 Å². The van der Waals surface area contributed by atoms with E-state index in [1.807, 2.05) is 0 Å². The number of aliphatic hydroxyl groups is 2. The van der Waals surface area contributed by atoms with Crippen LogP contribution in [0.1, 0.15) is 11.7 Å². The molecule has 0 spiro atoms. The highest BCUT2D eigenvalue weighted by molar-refractivity contribution is 5.78. The lowest BCUT2D eigenvalue weighted by molar-refractivity contribution is -0.125. The summed E-state index contributed by atoms with van der Waals surface area (Å²) in [6.45, 7) is -0.161. The molecule has 2 atom stereocenters. The summed E-state index contributed by atoms with van der Waals surface area (Å²) in [5.74, 6) is -2.93. The molecule has 1 aromatic rings. The number of benzene rings is 1. The third-order valence-corrected chi connectivity index (χ3v) is 2.33. The van der Waals surface area contributed by atoms with Crippen LogP contribution in [0.5, 0.6) is 0 Å². The quantitative estimate of drug-likeness (QED) is 0.551. The third kappa shape index (κ3) is 4.02. The summed E-state index contributed by atoms with van der Waals surface area (Å²) in [7, 11) is 0. The zero-order valence-corrected chi connectivity index (χ0v) is 9.44. The molecule has 100 valence electrons. The van der Waals surface area contributed by atoms with E-state index in [0.717, 1.165) is 12.1 Å². The minimum atomic E-state index is -1.36. The predicted octanol–water partition coefficient (Wildman–Crippen LogP) is -0.566. The van der Waals surface area contributed by atoms with Crippen molar-refractivity contribution in [3.05, 3.63) is 35.4 Å². The third-order valence-electron chi connectivity index (χ3n) is 2.33. The smallest absolute Gasteiger partial charge is 0.247 e. The molecule has 1 aromatic carbocycles. The Labute approximate surface area is 102 Å². The summed E-state index contributed by atoms with van der Waals surface area (Å²) >= 11 is 0. The summed E-state index contributed by atoms with van der Waals surface area (Å²) in [4.78, 5) is 10.5. The number of nitrogens with two attached hydrogens (primary N) is 1. The lowest BCUT2D eigenvalue weighted by Gasteiger charge is -2.13. The van der Waals surface area contributed by atoms with Crippen molar-refractivity contribution >= 4 is 5.91 Å². The second kappa shape index (κ2) is 6.39. The molecule has 0 fully saturated rings. The fourth-order valence-electron chi connectivity index (χ4n) is 1.29. The molecule has 1 rings (SSSR count). The van der Waals surface area contributed by atoms with Crippen LogP contribution in [0.2, 0.25) is 0 Å². The molecule has 5 N–H and O–H groups in total. The number of amides is 1. The van der Waals surface area contributed by atoms with Gasteiger partial charge in [0, 0.05) is 13.1 Å². The Balaban J connectivity index is 2.47. The topological polar surface area (TPSA) is 95.6 Å². The minimum Gasteiger partial charge on any atom is -0.387 e. The fraction of sp³-hybridized carbons (Fsp3) is 0.364. The summed E-state index contributed by atoms with van der Waals surface area (Å²) in [5, 5.41) is 21.3. The van der Waals surface area contributed by atoms with E-state index < -0.39 is 29.7 Å². The van der Waals surface area contributed by atoms with Crippen LogP contribution >= 0.6 is 0 Å². The lowest BCUT2D eigenvalue weighted by atomic mass is 10.1. The van der Waals surface area contributed by atoms with Crippen molar-refractivity contribution < 1.29 is 23.8 Å². The van der Waals surface area contributed by atoms with Gasteiger partial charge in [-0.2, -0.15) is 0 Å². The summed E-state index contributed by atoms with van der Waals surface area (Å²) in [6, 6.07) is 3.04. The van der Waals surface area contributed by atoms with Gasteiger partial charge in [0.2, 0.25) is 5.91 Å². The van der Waals surface area contributed by atoms with Crippen LogP contribution in [0.25, 0.3) is 0 Å². The highest BCUT2D eigenvalue weighted by Gasteiger charge is 2.13. The van der Waals surface area contributed by atoms with Gasteiger partial charge in [-0.05, 0) is 17.7 Å². The Kier molecular flexibility index (Phi) is 5.14. The number of nitrogens with one attached hydrogen (secondary N) is 1. The van der Waals surface area contributed by atoms with Crippen LogP contribution in [0.4, 0.5) is 8.78 Å².